The third kappa shape index (κ3) is 5.62. The van der Waals surface area contributed by atoms with Crippen LogP contribution in [0, 0.1) is 6.92 Å². The van der Waals surface area contributed by atoms with Gasteiger partial charge in [-0.05, 0) is 74.3 Å². The van der Waals surface area contributed by atoms with Crippen molar-refractivity contribution in [3.63, 3.8) is 0 Å². The van der Waals surface area contributed by atoms with Gasteiger partial charge in [-0.2, -0.15) is 0 Å². The molecule has 3 rings (SSSR count). The average Bonchev–Trinajstić information content (AvgIpc) is 3.15. The Hall–Kier alpha value is -2.29. The molecule has 1 aliphatic carbocycles. The summed E-state index contributed by atoms with van der Waals surface area (Å²) in [5.74, 6) is 1.05. The second-order valence-electron chi connectivity index (χ2n) is 7.20. The Kier molecular flexibility index (Phi) is 6.70. The van der Waals surface area contributed by atoms with Crippen LogP contribution in [-0.2, 0) is 17.6 Å². The Labute approximate surface area is 156 Å². The van der Waals surface area contributed by atoms with Gasteiger partial charge in [0.15, 0.2) is 0 Å². The van der Waals surface area contributed by atoms with Crippen molar-refractivity contribution in [2.24, 2.45) is 0 Å². The van der Waals surface area contributed by atoms with Crippen molar-refractivity contribution in [1.29, 1.82) is 0 Å². The lowest BCUT2D eigenvalue weighted by Gasteiger charge is -2.14. The van der Waals surface area contributed by atoms with E-state index in [1.807, 2.05) is 24.3 Å². The third-order valence-electron chi connectivity index (χ3n) is 5.12. The zero-order valence-electron chi connectivity index (χ0n) is 15.7. The Morgan fingerprint density at radius 1 is 1.08 bits per heavy atom. The van der Waals surface area contributed by atoms with E-state index in [1.165, 1.54) is 24.0 Å². The van der Waals surface area contributed by atoms with Gasteiger partial charge in [-0.25, -0.2) is 0 Å². The van der Waals surface area contributed by atoms with E-state index in [4.69, 9.17) is 4.74 Å². The minimum absolute atomic E-state index is 0.112. The molecule has 1 fully saturated rings. The molecule has 26 heavy (non-hydrogen) atoms. The molecule has 0 spiro atoms. The molecule has 3 nitrogen and oxygen atoms in total. The number of nitrogens with one attached hydrogen (secondary N) is 1. The molecule has 1 N–H and O–H groups in total. The first-order valence-corrected chi connectivity index (χ1v) is 9.77. The normalized spacial score (nSPS) is 14.3. The molecule has 0 heterocycles. The van der Waals surface area contributed by atoms with E-state index in [-0.39, 0.29) is 5.91 Å². The zero-order valence-corrected chi connectivity index (χ0v) is 15.7. The van der Waals surface area contributed by atoms with E-state index in [1.54, 1.807) is 0 Å². The molecular weight excluding hydrogens is 322 g/mol. The number of amides is 1. The molecule has 1 amide bonds. The van der Waals surface area contributed by atoms with Crippen LogP contribution in [0.5, 0.6) is 5.75 Å². The highest BCUT2D eigenvalue weighted by molar-refractivity contribution is 5.76. The molecule has 0 atom stereocenters. The van der Waals surface area contributed by atoms with Gasteiger partial charge in [-0.15, -0.1) is 0 Å². The summed E-state index contributed by atoms with van der Waals surface area (Å²) in [5.41, 5.74) is 3.74. The highest BCUT2D eigenvalue weighted by atomic mass is 16.5. The van der Waals surface area contributed by atoms with Crippen molar-refractivity contribution in [2.75, 3.05) is 6.54 Å². The Bertz CT molecular complexity index is 720. The fourth-order valence-electron chi connectivity index (χ4n) is 3.55. The number of carbonyl (C=O) groups excluding carboxylic acids is 1. The molecule has 2 aromatic carbocycles. The number of aryl methyl sites for hydroxylation is 2. The summed E-state index contributed by atoms with van der Waals surface area (Å²) in [6.07, 6.45) is 7.37. The molecule has 2 aromatic rings. The maximum atomic E-state index is 12.1. The maximum Gasteiger partial charge on any atom is 0.220 e. The van der Waals surface area contributed by atoms with Crippen LogP contribution >= 0.6 is 0 Å². The maximum absolute atomic E-state index is 12.1. The van der Waals surface area contributed by atoms with E-state index >= 15 is 0 Å². The second-order valence-corrected chi connectivity index (χ2v) is 7.20. The summed E-state index contributed by atoms with van der Waals surface area (Å²) < 4.78 is 6.05. The zero-order chi connectivity index (χ0) is 18.2. The average molecular weight is 351 g/mol. The van der Waals surface area contributed by atoms with Crippen molar-refractivity contribution in [2.45, 2.75) is 58.0 Å². The van der Waals surface area contributed by atoms with Crippen LogP contribution in [0.3, 0.4) is 0 Å². The number of benzene rings is 2. The topological polar surface area (TPSA) is 38.3 Å². The number of hydrogen-bond acceptors (Lipinski definition) is 2. The number of hydrogen-bond donors (Lipinski definition) is 1. The summed E-state index contributed by atoms with van der Waals surface area (Å²) in [5, 5.41) is 3.03. The first kappa shape index (κ1) is 18.5. The Morgan fingerprint density at radius 2 is 1.88 bits per heavy atom. The van der Waals surface area contributed by atoms with E-state index < -0.39 is 0 Å². The van der Waals surface area contributed by atoms with Crippen LogP contribution in [0.15, 0.2) is 48.5 Å². The fraction of sp³-hybridized carbons (Fsp3) is 0.435. The van der Waals surface area contributed by atoms with Gasteiger partial charge in [0, 0.05) is 13.0 Å². The van der Waals surface area contributed by atoms with E-state index in [9.17, 15) is 4.79 Å². The fourth-order valence-corrected chi connectivity index (χ4v) is 3.55. The van der Waals surface area contributed by atoms with Crippen LogP contribution < -0.4 is 10.1 Å². The Morgan fingerprint density at radius 3 is 2.69 bits per heavy atom. The summed E-state index contributed by atoms with van der Waals surface area (Å²) in [4.78, 5) is 12.1. The van der Waals surface area contributed by atoms with Crippen LogP contribution in [0.25, 0.3) is 0 Å². The largest absolute Gasteiger partial charge is 0.490 e. The monoisotopic (exact) mass is 351 g/mol. The van der Waals surface area contributed by atoms with Crippen molar-refractivity contribution in [3.05, 3.63) is 65.2 Å². The highest BCUT2D eigenvalue weighted by Gasteiger charge is 2.16. The van der Waals surface area contributed by atoms with Crippen molar-refractivity contribution in [3.8, 4) is 5.75 Å². The first-order chi connectivity index (χ1) is 12.7. The molecule has 0 aromatic heterocycles. The molecule has 0 radical (unpaired) electrons. The van der Waals surface area contributed by atoms with Crippen molar-refractivity contribution < 1.29 is 9.53 Å². The SMILES string of the molecule is Cc1ccccc1CCNC(=O)CCc1cccc(OC2CCCC2)c1. The highest BCUT2D eigenvalue weighted by Crippen LogP contribution is 2.24. The quantitative estimate of drug-likeness (QED) is 0.754. The van der Waals surface area contributed by atoms with Gasteiger partial charge < -0.3 is 10.1 Å². The van der Waals surface area contributed by atoms with Crippen LogP contribution in [-0.4, -0.2) is 18.6 Å². The standard InChI is InChI=1S/C23H29NO2/c1-18-7-2-3-9-20(18)15-16-24-23(25)14-13-19-8-6-12-22(17-19)26-21-10-4-5-11-21/h2-3,6-9,12,17,21H,4-5,10-11,13-16H2,1H3,(H,24,25). The molecular formula is C23H29NO2. The minimum atomic E-state index is 0.112. The molecule has 0 unspecified atom stereocenters. The van der Waals surface area contributed by atoms with Gasteiger partial charge in [-0.1, -0.05) is 36.4 Å². The van der Waals surface area contributed by atoms with Crippen molar-refractivity contribution >= 4 is 5.91 Å². The lowest BCUT2D eigenvalue weighted by atomic mass is 10.1. The smallest absolute Gasteiger partial charge is 0.220 e. The van der Waals surface area contributed by atoms with Gasteiger partial charge in [0.2, 0.25) is 5.91 Å². The van der Waals surface area contributed by atoms with E-state index in [2.05, 4.69) is 36.5 Å². The van der Waals surface area contributed by atoms with Crippen LogP contribution in [0.4, 0.5) is 0 Å². The lowest BCUT2D eigenvalue weighted by Crippen LogP contribution is -2.26. The molecule has 0 saturated heterocycles. The molecule has 1 aliphatic rings. The van der Waals surface area contributed by atoms with Crippen molar-refractivity contribution in [1.82, 2.24) is 5.32 Å². The summed E-state index contributed by atoms with van der Waals surface area (Å²) in [6, 6.07) is 16.5. The van der Waals surface area contributed by atoms with Gasteiger partial charge in [0.25, 0.3) is 0 Å². The summed E-state index contributed by atoms with van der Waals surface area (Å²) in [6.45, 7) is 2.80. The molecule has 0 bridgehead atoms. The number of rotatable bonds is 8. The van der Waals surface area contributed by atoms with Gasteiger partial charge in [0.1, 0.15) is 5.75 Å². The van der Waals surface area contributed by atoms with E-state index in [0.29, 0.717) is 19.1 Å². The summed E-state index contributed by atoms with van der Waals surface area (Å²) in [7, 11) is 0. The number of carbonyl (C=O) groups is 1. The summed E-state index contributed by atoms with van der Waals surface area (Å²) >= 11 is 0. The predicted molar refractivity (Wildman–Crippen MR) is 106 cm³/mol. The molecule has 0 aliphatic heterocycles. The van der Waals surface area contributed by atoms with Gasteiger partial charge in [-0.3, -0.25) is 4.79 Å². The number of ether oxygens (including phenoxy) is 1. The van der Waals surface area contributed by atoms with Crippen LogP contribution in [0.2, 0.25) is 0 Å². The Balaban J connectivity index is 1.40. The lowest BCUT2D eigenvalue weighted by molar-refractivity contribution is -0.121. The molecule has 1 saturated carbocycles. The predicted octanol–water partition coefficient (Wildman–Crippen LogP) is 4.61. The van der Waals surface area contributed by atoms with Crippen LogP contribution in [0.1, 0.15) is 48.8 Å². The van der Waals surface area contributed by atoms with E-state index in [0.717, 1.165) is 37.0 Å². The van der Waals surface area contributed by atoms with Gasteiger partial charge >= 0.3 is 0 Å². The minimum Gasteiger partial charge on any atom is -0.490 e. The second kappa shape index (κ2) is 9.42. The van der Waals surface area contributed by atoms with Gasteiger partial charge in [0.05, 0.1) is 6.10 Å². The third-order valence-corrected chi connectivity index (χ3v) is 5.12. The first-order valence-electron chi connectivity index (χ1n) is 9.77. The molecule has 138 valence electrons. The molecule has 3 heteroatoms.